The van der Waals surface area contributed by atoms with Crippen molar-refractivity contribution in [2.45, 2.75) is 19.9 Å². The van der Waals surface area contributed by atoms with Crippen LogP contribution in [0.4, 0.5) is 5.69 Å². The predicted molar refractivity (Wildman–Crippen MR) is 158 cm³/mol. The van der Waals surface area contributed by atoms with Gasteiger partial charge in [-0.05, 0) is 12.0 Å². The van der Waals surface area contributed by atoms with Crippen LogP contribution in [0.5, 0.6) is 17.2 Å². The molecule has 2 N–H and O–H groups in total. The van der Waals surface area contributed by atoms with Gasteiger partial charge in [-0.15, -0.1) is 11.3 Å². The third-order valence-electron chi connectivity index (χ3n) is 6.35. The largest absolute Gasteiger partial charge is 0.493 e. The first kappa shape index (κ1) is 29.3. The number of hydrogen-bond acceptors (Lipinski definition) is 8. The molecule has 0 aliphatic carbocycles. The van der Waals surface area contributed by atoms with E-state index < -0.39 is 17.9 Å². The average Bonchev–Trinajstić information content (AvgIpc) is 3.49. The maximum atomic E-state index is 13.4. The summed E-state index contributed by atoms with van der Waals surface area (Å²) >= 11 is 1.27. The number of thiazole rings is 1. The fourth-order valence-electron chi connectivity index (χ4n) is 4.24. The smallest absolute Gasteiger partial charge is 0.275 e. The van der Waals surface area contributed by atoms with Crippen LogP contribution in [0.1, 0.15) is 61.7 Å². The summed E-state index contributed by atoms with van der Waals surface area (Å²) in [7, 11) is 4.48. The number of carbonyl (C=O) groups excluding carboxylic acids is 3. The first-order valence-corrected chi connectivity index (χ1v) is 13.7. The van der Waals surface area contributed by atoms with E-state index in [9.17, 15) is 14.4 Å². The summed E-state index contributed by atoms with van der Waals surface area (Å²) in [4.78, 5) is 44.2. The van der Waals surface area contributed by atoms with E-state index in [1.54, 1.807) is 66.0 Å². The van der Waals surface area contributed by atoms with Crippen LogP contribution in [0.2, 0.25) is 0 Å². The Kier molecular flexibility index (Phi) is 9.36. The Balaban J connectivity index is 1.54. The number of carbonyl (C=O) groups is 3. The quantitative estimate of drug-likeness (QED) is 0.219. The van der Waals surface area contributed by atoms with Gasteiger partial charge >= 0.3 is 0 Å². The Morgan fingerprint density at radius 1 is 0.805 bits per heavy atom. The van der Waals surface area contributed by atoms with Crippen molar-refractivity contribution < 1.29 is 28.6 Å². The molecule has 4 rings (SSSR count). The maximum absolute atomic E-state index is 13.4. The highest BCUT2D eigenvalue weighted by Crippen LogP contribution is 2.40. The molecule has 4 aromatic rings. The van der Waals surface area contributed by atoms with Crippen molar-refractivity contribution in [1.29, 1.82) is 0 Å². The molecule has 0 spiro atoms. The number of nitrogens with zero attached hydrogens (tertiary/aromatic N) is 1. The zero-order valence-electron chi connectivity index (χ0n) is 23.4. The third kappa shape index (κ3) is 6.55. The molecule has 212 valence electrons. The fraction of sp³-hybridized carbons (Fsp3) is 0.226. The van der Waals surface area contributed by atoms with Crippen molar-refractivity contribution in [3.63, 3.8) is 0 Å². The number of methoxy groups -OCH3 is 3. The fourth-order valence-corrected chi connectivity index (χ4v) is 5.26. The number of nitrogens with one attached hydrogen (secondary N) is 2. The van der Waals surface area contributed by atoms with E-state index in [2.05, 4.69) is 15.6 Å². The molecule has 2 amide bonds. The molecule has 1 heterocycles. The molecule has 1 atom stereocenters. The predicted octanol–water partition coefficient (Wildman–Crippen LogP) is 5.78. The lowest BCUT2D eigenvalue weighted by atomic mass is 9.97. The van der Waals surface area contributed by atoms with Crippen LogP contribution >= 0.6 is 11.3 Å². The summed E-state index contributed by atoms with van der Waals surface area (Å²) in [5.41, 5.74) is 1.70. The number of anilines is 1. The molecule has 0 aliphatic heterocycles. The molecule has 10 heteroatoms. The second-order valence-electron chi connectivity index (χ2n) is 9.38. The topological polar surface area (TPSA) is 116 Å². The van der Waals surface area contributed by atoms with Crippen LogP contribution in [-0.2, 0) is 0 Å². The number of rotatable bonds is 11. The van der Waals surface area contributed by atoms with Gasteiger partial charge in [-0.25, -0.2) is 4.98 Å². The zero-order valence-corrected chi connectivity index (χ0v) is 24.2. The summed E-state index contributed by atoms with van der Waals surface area (Å²) in [6, 6.07) is 18.3. The molecule has 0 radical (unpaired) electrons. The van der Waals surface area contributed by atoms with Crippen LogP contribution in [0.3, 0.4) is 0 Å². The number of benzene rings is 3. The summed E-state index contributed by atoms with van der Waals surface area (Å²) in [6.45, 7) is 3.89. The van der Waals surface area contributed by atoms with Crippen molar-refractivity contribution in [3.05, 3.63) is 99.5 Å². The second-order valence-corrected chi connectivity index (χ2v) is 10.3. The van der Waals surface area contributed by atoms with Gasteiger partial charge in [0, 0.05) is 34.3 Å². The van der Waals surface area contributed by atoms with Crippen LogP contribution in [0, 0.1) is 5.92 Å². The monoisotopic (exact) mass is 573 g/mol. The highest BCUT2D eigenvalue weighted by atomic mass is 32.1. The van der Waals surface area contributed by atoms with E-state index >= 15 is 0 Å². The molecular formula is C31H31N3O6S. The number of ketones is 1. The van der Waals surface area contributed by atoms with Gasteiger partial charge in [0.05, 0.1) is 32.9 Å². The first-order valence-electron chi connectivity index (χ1n) is 12.8. The van der Waals surface area contributed by atoms with Crippen molar-refractivity contribution in [2.24, 2.45) is 5.92 Å². The lowest BCUT2D eigenvalue weighted by Gasteiger charge is -2.21. The van der Waals surface area contributed by atoms with E-state index in [4.69, 9.17) is 14.2 Å². The number of amides is 2. The molecular weight excluding hydrogens is 542 g/mol. The van der Waals surface area contributed by atoms with Gasteiger partial charge in [0.25, 0.3) is 11.8 Å². The number of hydrogen-bond donors (Lipinski definition) is 2. The molecule has 0 saturated carbocycles. The highest BCUT2D eigenvalue weighted by molar-refractivity contribution is 7.10. The molecule has 3 aromatic carbocycles. The molecule has 1 unspecified atom stereocenters. The summed E-state index contributed by atoms with van der Waals surface area (Å²) in [5, 5.41) is 8.03. The van der Waals surface area contributed by atoms with Gasteiger partial charge < -0.3 is 24.8 Å². The van der Waals surface area contributed by atoms with Gasteiger partial charge in [-0.1, -0.05) is 62.4 Å². The standard InChI is InChI=1S/C31H31N3O6S/c1-18(2)26(34-29(36)22-14-10-9-13-21(22)27(35)19-11-7-6-8-12-19)31-33-23(17-41-31)30(37)32-20-15-24(38-3)28(40-5)25(16-20)39-4/h6-18,26H,1-5H3,(H,32,37)(H,34,36). The van der Waals surface area contributed by atoms with Crippen LogP contribution < -0.4 is 24.8 Å². The molecule has 0 aliphatic rings. The summed E-state index contributed by atoms with van der Waals surface area (Å²) in [5.74, 6) is 0.0816. The third-order valence-corrected chi connectivity index (χ3v) is 7.28. The normalized spacial score (nSPS) is 11.5. The van der Waals surface area contributed by atoms with Crippen LogP contribution in [0.15, 0.2) is 72.1 Å². The molecule has 41 heavy (non-hydrogen) atoms. The first-order chi connectivity index (χ1) is 19.8. The Labute approximate surface area is 242 Å². The molecule has 0 saturated heterocycles. The van der Waals surface area contributed by atoms with Gasteiger partial charge in [0.15, 0.2) is 17.3 Å². The Morgan fingerprint density at radius 3 is 2.00 bits per heavy atom. The minimum absolute atomic E-state index is 0.0480. The molecule has 0 fully saturated rings. The van der Waals surface area contributed by atoms with Crippen molar-refractivity contribution >= 4 is 34.6 Å². The van der Waals surface area contributed by atoms with Crippen LogP contribution in [-0.4, -0.2) is 43.9 Å². The lowest BCUT2D eigenvalue weighted by Crippen LogP contribution is -2.32. The van der Waals surface area contributed by atoms with Crippen molar-refractivity contribution in [1.82, 2.24) is 10.3 Å². The van der Waals surface area contributed by atoms with E-state index in [0.717, 1.165) is 0 Å². The van der Waals surface area contributed by atoms with Crippen LogP contribution in [0.25, 0.3) is 0 Å². The maximum Gasteiger partial charge on any atom is 0.275 e. The Morgan fingerprint density at radius 2 is 1.41 bits per heavy atom. The Bertz CT molecular complexity index is 1530. The van der Waals surface area contributed by atoms with E-state index in [-0.39, 0.29) is 23.0 Å². The van der Waals surface area contributed by atoms with E-state index in [1.165, 1.54) is 32.7 Å². The molecule has 0 bridgehead atoms. The number of aromatic nitrogens is 1. The molecule has 9 nitrogen and oxygen atoms in total. The minimum atomic E-state index is -0.491. The number of ether oxygens (including phenoxy) is 3. The highest BCUT2D eigenvalue weighted by Gasteiger charge is 2.26. The minimum Gasteiger partial charge on any atom is -0.493 e. The van der Waals surface area contributed by atoms with Gasteiger partial charge in [-0.3, -0.25) is 14.4 Å². The zero-order chi connectivity index (χ0) is 29.5. The van der Waals surface area contributed by atoms with Gasteiger partial charge in [0.2, 0.25) is 5.75 Å². The van der Waals surface area contributed by atoms with Crippen molar-refractivity contribution in [3.8, 4) is 17.2 Å². The second kappa shape index (κ2) is 13.1. The van der Waals surface area contributed by atoms with E-state index in [0.29, 0.717) is 39.1 Å². The summed E-state index contributed by atoms with van der Waals surface area (Å²) in [6.07, 6.45) is 0. The Hall–Kier alpha value is -4.70. The molecule has 1 aromatic heterocycles. The lowest BCUT2D eigenvalue weighted by molar-refractivity contribution is 0.0916. The van der Waals surface area contributed by atoms with Gasteiger partial charge in [0.1, 0.15) is 10.7 Å². The summed E-state index contributed by atoms with van der Waals surface area (Å²) < 4.78 is 16.1. The van der Waals surface area contributed by atoms with Crippen molar-refractivity contribution in [2.75, 3.05) is 26.6 Å². The van der Waals surface area contributed by atoms with E-state index in [1.807, 2.05) is 19.9 Å². The SMILES string of the molecule is COc1cc(NC(=O)c2csc(C(NC(=O)c3ccccc3C(=O)c3ccccc3)C(C)C)n2)cc(OC)c1OC. The average molecular weight is 574 g/mol. The van der Waals surface area contributed by atoms with Gasteiger partial charge in [-0.2, -0.15) is 0 Å².